The number of hydrogen-bond acceptors (Lipinski definition) is 6. The third kappa shape index (κ3) is 7.73. The van der Waals surface area contributed by atoms with Crippen molar-refractivity contribution in [2.45, 2.75) is 26.3 Å². The summed E-state index contributed by atoms with van der Waals surface area (Å²) in [5.74, 6) is -3.25. The molecule has 2 aromatic heterocycles. The zero-order chi connectivity index (χ0) is 27.2. The minimum Gasteiger partial charge on any atom is -0.487 e. The largest absolute Gasteiger partial charge is 0.490 e. The van der Waals surface area contributed by atoms with Crippen molar-refractivity contribution in [3.05, 3.63) is 79.9 Å². The SMILES string of the molecule is Cc1cc(OCc2ccc(F)cc2F)c(Br)c(=O)n1Cc1cnc(N(C)C)nc1.O=C(O)C(F)(F)F. The zero-order valence-electron chi connectivity index (χ0n) is 19.1. The Labute approximate surface area is 210 Å². The average Bonchev–Trinajstić information content (AvgIpc) is 2.79. The minimum absolute atomic E-state index is 0.132. The van der Waals surface area contributed by atoms with Crippen LogP contribution in [0.15, 0.2) is 45.9 Å². The third-order valence-corrected chi connectivity index (χ3v) is 5.22. The number of carbonyl (C=O) groups is 1. The number of halogens is 6. The fraction of sp³-hybridized carbons (Fsp3) is 0.273. The summed E-state index contributed by atoms with van der Waals surface area (Å²) >= 11 is 3.26. The summed E-state index contributed by atoms with van der Waals surface area (Å²) in [7, 11) is 3.69. The number of aliphatic carboxylic acids is 1. The Hall–Kier alpha value is -3.55. The molecule has 2 heterocycles. The van der Waals surface area contributed by atoms with Crippen LogP contribution in [0.3, 0.4) is 0 Å². The van der Waals surface area contributed by atoms with Crippen LogP contribution in [0.25, 0.3) is 0 Å². The van der Waals surface area contributed by atoms with Gasteiger partial charge in [0.1, 0.15) is 28.5 Å². The van der Waals surface area contributed by atoms with E-state index in [-0.39, 0.29) is 28.0 Å². The molecular formula is C22H20BrF5N4O4. The Morgan fingerprint density at radius 1 is 1.17 bits per heavy atom. The van der Waals surface area contributed by atoms with Gasteiger partial charge in [0.15, 0.2) is 0 Å². The molecule has 0 spiro atoms. The minimum atomic E-state index is -5.08. The Kier molecular flexibility index (Phi) is 9.50. The Morgan fingerprint density at radius 3 is 2.25 bits per heavy atom. The lowest BCUT2D eigenvalue weighted by atomic mass is 10.2. The Morgan fingerprint density at radius 2 is 1.75 bits per heavy atom. The van der Waals surface area contributed by atoms with Crippen LogP contribution in [0.4, 0.5) is 27.9 Å². The molecule has 0 bridgehead atoms. The number of anilines is 1. The fourth-order valence-corrected chi connectivity index (χ4v) is 3.10. The van der Waals surface area contributed by atoms with Crippen molar-refractivity contribution >= 4 is 27.8 Å². The van der Waals surface area contributed by atoms with Crippen LogP contribution in [0.2, 0.25) is 0 Å². The summed E-state index contributed by atoms with van der Waals surface area (Å²) in [5, 5.41) is 7.12. The van der Waals surface area contributed by atoms with E-state index in [9.17, 15) is 26.7 Å². The smallest absolute Gasteiger partial charge is 0.487 e. The molecule has 0 aliphatic carbocycles. The number of benzene rings is 1. The second-order valence-corrected chi connectivity index (χ2v) is 8.26. The lowest BCUT2D eigenvalue weighted by Gasteiger charge is -2.15. The molecule has 0 aliphatic rings. The van der Waals surface area contributed by atoms with Crippen LogP contribution in [-0.2, 0) is 17.9 Å². The van der Waals surface area contributed by atoms with Gasteiger partial charge in [0.05, 0.1) is 6.54 Å². The molecule has 0 amide bonds. The normalized spacial score (nSPS) is 10.9. The second kappa shape index (κ2) is 11.9. The van der Waals surface area contributed by atoms with Crippen molar-refractivity contribution in [2.75, 3.05) is 19.0 Å². The first-order valence-corrected chi connectivity index (χ1v) is 10.7. The number of pyridine rings is 1. The number of aromatic nitrogens is 3. The predicted octanol–water partition coefficient (Wildman–Crippen LogP) is 4.31. The van der Waals surface area contributed by atoms with Crippen LogP contribution in [-0.4, -0.2) is 45.9 Å². The molecule has 3 rings (SSSR count). The van der Waals surface area contributed by atoms with E-state index in [4.69, 9.17) is 14.6 Å². The highest BCUT2D eigenvalue weighted by Crippen LogP contribution is 2.24. The molecule has 0 aliphatic heterocycles. The maximum atomic E-state index is 13.8. The predicted molar refractivity (Wildman–Crippen MR) is 123 cm³/mol. The molecule has 1 aromatic carbocycles. The van der Waals surface area contributed by atoms with E-state index < -0.39 is 23.8 Å². The van der Waals surface area contributed by atoms with Gasteiger partial charge in [-0.05, 0) is 35.0 Å². The quantitative estimate of drug-likeness (QED) is 0.435. The molecule has 194 valence electrons. The van der Waals surface area contributed by atoms with Crippen molar-refractivity contribution in [1.29, 1.82) is 0 Å². The second-order valence-electron chi connectivity index (χ2n) is 7.47. The van der Waals surface area contributed by atoms with E-state index in [2.05, 4.69) is 25.9 Å². The van der Waals surface area contributed by atoms with Gasteiger partial charge in [-0.1, -0.05) is 0 Å². The summed E-state index contributed by atoms with van der Waals surface area (Å²) in [4.78, 5) is 32.0. The van der Waals surface area contributed by atoms with Crippen LogP contribution in [0, 0.1) is 18.6 Å². The summed E-state index contributed by atoms with van der Waals surface area (Å²) in [6, 6.07) is 4.94. The number of aryl methyl sites for hydroxylation is 1. The lowest BCUT2D eigenvalue weighted by Crippen LogP contribution is -2.24. The van der Waals surface area contributed by atoms with Gasteiger partial charge in [0.25, 0.3) is 5.56 Å². The molecule has 1 N–H and O–H groups in total. The number of nitrogens with zero attached hydrogens (tertiary/aromatic N) is 4. The summed E-state index contributed by atoms with van der Waals surface area (Å²) in [6.45, 7) is 1.94. The van der Waals surface area contributed by atoms with Gasteiger partial charge < -0.3 is 19.3 Å². The van der Waals surface area contributed by atoms with Gasteiger partial charge in [-0.25, -0.2) is 23.5 Å². The summed E-state index contributed by atoms with van der Waals surface area (Å²) in [6.07, 6.45) is -1.74. The van der Waals surface area contributed by atoms with Crippen molar-refractivity contribution in [3.8, 4) is 5.75 Å². The summed E-state index contributed by atoms with van der Waals surface area (Å²) in [5.41, 5.74) is 1.33. The Balaban J connectivity index is 0.000000572. The monoisotopic (exact) mass is 578 g/mol. The Bertz CT molecular complexity index is 1280. The molecule has 14 heteroatoms. The maximum absolute atomic E-state index is 13.8. The average molecular weight is 579 g/mol. The van der Waals surface area contributed by atoms with Gasteiger partial charge in [-0.2, -0.15) is 13.2 Å². The number of ether oxygens (including phenoxy) is 1. The number of alkyl halides is 3. The van der Waals surface area contributed by atoms with Crippen molar-refractivity contribution in [3.63, 3.8) is 0 Å². The highest BCUT2D eigenvalue weighted by atomic mass is 79.9. The van der Waals surface area contributed by atoms with E-state index in [1.54, 1.807) is 34.9 Å². The first-order chi connectivity index (χ1) is 16.7. The van der Waals surface area contributed by atoms with Crippen LogP contribution in [0.5, 0.6) is 5.75 Å². The molecule has 8 nitrogen and oxygen atoms in total. The molecule has 0 fully saturated rings. The number of carboxylic acid groups (broad SMARTS) is 1. The standard InChI is InChI=1S/C20H19BrF2N4O2.C2HF3O2/c1-12-6-17(29-11-14-4-5-15(22)7-16(14)23)18(21)19(28)27(12)10-13-8-24-20(25-9-13)26(2)3;3-2(4,5)1(6)7/h4-9H,10-11H2,1-3H3;(H,6,7). The summed E-state index contributed by atoms with van der Waals surface area (Å²) < 4.78 is 65.9. The molecule has 0 atom stereocenters. The van der Waals surface area contributed by atoms with Crippen molar-refractivity contribution in [1.82, 2.24) is 14.5 Å². The van der Waals surface area contributed by atoms with E-state index in [0.717, 1.165) is 17.7 Å². The van der Waals surface area contributed by atoms with Gasteiger partial charge >= 0.3 is 12.1 Å². The lowest BCUT2D eigenvalue weighted by molar-refractivity contribution is -0.192. The van der Waals surface area contributed by atoms with Gasteiger partial charge in [-0.3, -0.25) is 4.79 Å². The van der Waals surface area contributed by atoms with Crippen LogP contribution in [0.1, 0.15) is 16.8 Å². The van der Waals surface area contributed by atoms with Gasteiger partial charge in [0, 0.05) is 55.4 Å². The van der Waals surface area contributed by atoms with E-state index in [0.29, 0.717) is 18.2 Å². The molecule has 0 radical (unpaired) electrons. The van der Waals surface area contributed by atoms with E-state index in [1.165, 1.54) is 6.07 Å². The molecule has 3 aromatic rings. The van der Waals surface area contributed by atoms with Crippen LogP contribution < -0.4 is 15.2 Å². The number of hydrogen-bond donors (Lipinski definition) is 1. The number of rotatable bonds is 6. The molecule has 0 saturated heterocycles. The maximum Gasteiger partial charge on any atom is 0.490 e. The molecular weight excluding hydrogens is 559 g/mol. The zero-order valence-corrected chi connectivity index (χ0v) is 20.7. The fourth-order valence-electron chi connectivity index (χ4n) is 2.65. The first kappa shape index (κ1) is 28.7. The van der Waals surface area contributed by atoms with E-state index >= 15 is 0 Å². The first-order valence-electron chi connectivity index (χ1n) is 9.95. The van der Waals surface area contributed by atoms with E-state index in [1.807, 2.05) is 14.1 Å². The van der Waals surface area contributed by atoms with Crippen LogP contribution >= 0.6 is 15.9 Å². The number of carboxylic acids is 1. The van der Waals surface area contributed by atoms with Crippen molar-refractivity contribution in [2.24, 2.45) is 0 Å². The third-order valence-electron chi connectivity index (χ3n) is 4.49. The molecule has 0 unspecified atom stereocenters. The van der Waals surface area contributed by atoms with Gasteiger partial charge in [0.2, 0.25) is 5.95 Å². The topological polar surface area (TPSA) is 97.6 Å². The van der Waals surface area contributed by atoms with Crippen molar-refractivity contribution < 1.29 is 36.6 Å². The molecule has 0 saturated carbocycles. The highest BCUT2D eigenvalue weighted by Gasteiger charge is 2.38. The van der Waals surface area contributed by atoms with Gasteiger partial charge in [-0.15, -0.1) is 0 Å². The highest BCUT2D eigenvalue weighted by molar-refractivity contribution is 9.10. The molecule has 36 heavy (non-hydrogen) atoms.